The molecule has 0 aliphatic carbocycles. The van der Waals surface area contributed by atoms with Gasteiger partial charge in [-0.25, -0.2) is 0 Å². The number of hydrogen-bond donors (Lipinski definition) is 2. The van der Waals surface area contributed by atoms with Crippen LogP contribution >= 0.6 is 11.6 Å². The zero-order valence-corrected chi connectivity index (χ0v) is 11.5. The smallest absolute Gasteiger partial charge is 0.255 e. The summed E-state index contributed by atoms with van der Waals surface area (Å²) in [6, 6.07) is 5.20. The Labute approximate surface area is 113 Å². The zero-order valence-electron chi connectivity index (χ0n) is 10.7. The van der Waals surface area contributed by atoms with Gasteiger partial charge in [-0.1, -0.05) is 11.6 Å². The number of nitrogens with zero attached hydrogens (tertiary/aromatic N) is 1. The molecule has 1 aromatic rings. The van der Waals surface area contributed by atoms with Crippen molar-refractivity contribution >= 4 is 23.2 Å². The van der Waals surface area contributed by atoms with Gasteiger partial charge < -0.3 is 15.3 Å². The second-order valence-corrected chi connectivity index (χ2v) is 4.34. The first-order chi connectivity index (χ1) is 8.63. The van der Waals surface area contributed by atoms with Crippen LogP contribution in [0.25, 0.3) is 0 Å². The van der Waals surface area contributed by atoms with Crippen LogP contribution in [0, 0.1) is 0 Å². The summed E-state index contributed by atoms with van der Waals surface area (Å²) in [6.45, 7) is 3.15. The highest BCUT2D eigenvalue weighted by molar-refractivity contribution is 6.31. The summed E-state index contributed by atoms with van der Waals surface area (Å²) in [5.74, 6) is -0.0715. The van der Waals surface area contributed by atoms with Crippen molar-refractivity contribution in [3.8, 4) is 0 Å². The number of anilines is 1. The van der Waals surface area contributed by atoms with Gasteiger partial charge in [-0.15, -0.1) is 0 Å². The molecule has 18 heavy (non-hydrogen) atoms. The van der Waals surface area contributed by atoms with Crippen LogP contribution in [-0.2, 0) is 0 Å². The van der Waals surface area contributed by atoms with Crippen molar-refractivity contribution in [2.24, 2.45) is 0 Å². The minimum atomic E-state index is -0.0715. The van der Waals surface area contributed by atoms with Crippen LogP contribution in [-0.4, -0.2) is 42.7 Å². The van der Waals surface area contributed by atoms with Gasteiger partial charge in [-0.2, -0.15) is 0 Å². The third kappa shape index (κ3) is 3.62. The second kappa shape index (κ2) is 7.24. The average Bonchev–Trinajstić information content (AvgIpc) is 2.39. The maximum atomic E-state index is 12.4. The number of aliphatic hydroxyl groups is 1. The summed E-state index contributed by atoms with van der Waals surface area (Å²) in [5.41, 5.74) is 1.32. The number of amides is 1. The molecule has 0 aliphatic heterocycles. The summed E-state index contributed by atoms with van der Waals surface area (Å²) in [5, 5.41) is 12.4. The first kappa shape index (κ1) is 14.8. The van der Waals surface area contributed by atoms with E-state index in [0.717, 1.165) is 5.69 Å². The summed E-state index contributed by atoms with van der Waals surface area (Å²) in [4.78, 5) is 14.1. The molecule has 0 unspecified atom stereocenters. The first-order valence-corrected chi connectivity index (χ1v) is 6.39. The highest BCUT2D eigenvalue weighted by Gasteiger charge is 2.17. The molecule has 0 fully saturated rings. The summed E-state index contributed by atoms with van der Waals surface area (Å²) in [7, 11) is 1.77. The third-order valence-electron chi connectivity index (χ3n) is 2.74. The Bertz CT molecular complexity index is 410. The van der Waals surface area contributed by atoms with Crippen LogP contribution in [0.5, 0.6) is 0 Å². The predicted octanol–water partition coefficient (Wildman–Crippen LogP) is 2.23. The third-order valence-corrected chi connectivity index (χ3v) is 2.97. The molecule has 4 nitrogen and oxygen atoms in total. The number of nitrogens with one attached hydrogen (secondary N) is 1. The largest absolute Gasteiger partial charge is 0.396 e. The number of rotatable bonds is 6. The molecule has 0 radical (unpaired) electrons. The lowest BCUT2D eigenvalue weighted by molar-refractivity contribution is 0.0755. The van der Waals surface area contributed by atoms with E-state index in [4.69, 9.17) is 16.7 Å². The van der Waals surface area contributed by atoms with Crippen molar-refractivity contribution in [1.29, 1.82) is 0 Å². The predicted molar refractivity (Wildman–Crippen MR) is 74.3 cm³/mol. The molecule has 2 N–H and O–H groups in total. The zero-order chi connectivity index (χ0) is 13.5. The van der Waals surface area contributed by atoms with Crippen molar-refractivity contribution in [3.63, 3.8) is 0 Å². The van der Waals surface area contributed by atoms with Gasteiger partial charge in [0.1, 0.15) is 0 Å². The van der Waals surface area contributed by atoms with Gasteiger partial charge in [0.15, 0.2) is 0 Å². The fraction of sp³-hybridized carbons (Fsp3) is 0.462. The molecule has 0 aliphatic rings. The lowest BCUT2D eigenvalue weighted by Gasteiger charge is -2.22. The molecule has 0 saturated carbocycles. The number of carbonyl (C=O) groups excluding carboxylic acids is 1. The summed E-state index contributed by atoms with van der Waals surface area (Å²) in [6.07, 6.45) is 0.578. The van der Waals surface area contributed by atoms with Crippen LogP contribution < -0.4 is 5.32 Å². The quantitative estimate of drug-likeness (QED) is 0.833. The average molecular weight is 271 g/mol. The Morgan fingerprint density at radius 3 is 2.78 bits per heavy atom. The molecule has 0 heterocycles. The summed E-state index contributed by atoms with van der Waals surface area (Å²) < 4.78 is 0. The van der Waals surface area contributed by atoms with Crippen molar-refractivity contribution in [2.75, 3.05) is 32.1 Å². The molecule has 0 saturated heterocycles. The van der Waals surface area contributed by atoms with Crippen LogP contribution in [0.3, 0.4) is 0 Å². The molecular weight excluding hydrogens is 252 g/mol. The molecular formula is C13H19ClN2O2. The van der Waals surface area contributed by atoms with Gasteiger partial charge in [-0.05, 0) is 31.5 Å². The Morgan fingerprint density at radius 1 is 1.50 bits per heavy atom. The number of hydrogen-bond acceptors (Lipinski definition) is 3. The van der Waals surface area contributed by atoms with Crippen LogP contribution in [0.4, 0.5) is 5.69 Å². The molecule has 5 heteroatoms. The first-order valence-electron chi connectivity index (χ1n) is 6.01. The van der Waals surface area contributed by atoms with Gasteiger partial charge in [0, 0.05) is 37.5 Å². The van der Waals surface area contributed by atoms with E-state index >= 15 is 0 Å². The molecule has 1 amide bonds. The maximum absolute atomic E-state index is 12.4. The van der Waals surface area contributed by atoms with Crippen LogP contribution in [0.15, 0.2) is 18.2 Å². The minimum Gasteiger partial charge on any atom is -0.396 e. The van der Waals surface area contributed by atoms with Crippen molar-refractivity contribution < 1.29 is 9.90 Å². The number of benzene rings is 1. The van der Waals surface area contributed by atoms with E-state index in [9.17, 15) is 4.79 Å². The van der Waals surface area contributed by atoms with Crippen molar-refractivity contribution in [3.05, 3.63) is 28.8 Å². The van der Waals surface area contributed by atoms with E-state index in [-0.39, 0.29) is 12.5 Å². The fourth-order valence-corrected chi connectivity index (χ4v) is 1.92. The molecule has 0 aromatic heterocycles. The number of carbonyl (C=O) groups is 1. The van der Waals surface area contributed by atoms with Gasteiger partial charge in [0.05, 0.1) is 5.56 Å². The lowest BCUT2D eigenvalue weighted by atomic mass is 10.1. The summed E-state index contributed by atoms with van der Waals surface area (Å²) >= 11 is 5.93. The Morgan fingerprint density at radius 2 is 2.22 bits per heavy atom. The normalized spacial score (nSPS) is 10.2. The van der Waals surface area contributed by atoms with Crippen molar-refractivity contribution in [2.45, 2.75) is 13.3 Å². The molecule has 0 bridgehead atoms. The highest BCUT2D eigenvalue weighted by Crippen LogP contribution is 2.22. The number of halogens is 1. The number of aliphatic hydroxyl groups excluding tert-OH is 1. The second-order valence-electron chi connectivity index (χ2n) is 3.90. The van der Waals surface area contributed by atoms with Crippen LogP contribution in [0.2, 0.25) is 5.02 Å². The monoisotopic (exact) mass is 270 g/mol. The van der Waals surface area contributed by atoms with Crippen LogP contribution in [0.1, 0.15) is 23.7 Å². The van der Waals surface area contributed by atoms with Gasteiger partial charge in [0.25, 0.3) is 5.91 Å². The molecule has 0 atom stereocenters. The lowest BCUT2D eigenvalue weighted by Crippen LogP contribution is -2.32. The molecule has 100 valence electrons. The van der Waals surface area contributed by atoms with Gasteiger partial charge in [0.2, 0.25) is 0 Å². The SMILES string of the molecule is CCN(CCCO)C(=O)c1cc(Cl)ccc1NC. The van der Waals surface area contributed by atoms with E-state index in [1.54, 1.807) is 30.1 Å². The Balaban J connectivity index is 2.96. The van der Waals surface area contributed by atoms with E-state index in [2.05, 4.69) is 5.32 Å². The Hall–Kier alpha value is -1.26. The minimum absolute atomic E-state index is 0.0715. The van der Waals surface area contributed by atoms with Gasteiger partial charge in [-0.3, -0.25) is 4.79 Å². The van der Waals surface area contributed by atoms with Gasteiger partial charge >= 0.3 is 0 Å². The topological polar surface area (TPSA) is 52.6 Å². The highest BCUT2D eigenvalue weighted by atomic mass is 35.5. The fourth-order valence-electron chi connectivity index (χ4n) is 1.75. The van der Waals surface area contributed by atoms with E-state index < -0.39 is 0 Å². The van der Waals surface area contributed by atoms with E-state index in [1.165, 1.54) is 0 Å². The van der Waals surface area contributed by atoms with E-state index in [0.29, 0.717) is 30.1 Å². The molecule has 1 rings (SSSR count). The molecule has 0 spiro atoms. The Kier molecular flexibility index (Phi) is 5.95. The van der Waals surface area contributed by atoms with Crippen molar-refractivity contribution in [1.82, 2.24) is 4.90 Å². The maximum Gasteiger partial charge on any atom is 0.255 e. The standard InChI is InChI=1S/C13H19ClN2O2/c1-3-16(7-4-8-17)13(18)11-9-10(14)5-6-12(11)15-2/h5-6,9,15,17H,3-4,7-8H2,1-2H3. The molecule has 1 aromatic carbocycles. The van der Waals surface area contributed by atoms with E-state index in [1.807, 2.05) is 6.92 Å².